The van der Waals surface area contributed by atoms with Gasteiger partial charge in [-0.1, -0.05) is 36.8 Å². The normalized spacial score (nSPS) is 20.2. The molecular formula is C26H36N6O4. The molecule has 0 bridgehead atoms. The number of ether oxygens (including phenoxy) is 1. The number of morpholine rings is 1. The van der Waals surface area contributed by atoms with Gasteiger partial charge in [0.2, 0.25) is 5.91 Å². The van der Waals surface area contributed by atoms with Crippen molar-refractivity contribution in [3.8, 4) is 0 Å². The minimum Gasteiger partial charge on any atom is -0.379 e. The van der Waals surface area contributed by atoms with Crippen molar-refractivity contribution in [2.24, 2.45) is 0 Å². The second-order valence-corrected chi connectivity index (χ2v) is 9.68. The van der Waals surface area contributed by atoms with Gasteiger partial charge in [-0.05, 0) is 25.8 Å². The Balaban J connectivity index is 1.46. The largest absolute Gasteiger partial charge is 0.379 e. The van der Waals surface area contributed by atoms with Crippen LogP contribution in [0.2, 0.25) is 0 Å². The summed E-state index contributed by atoms with van der Waals surface area (Å²) in [6.07, 6.45) is 2.17. The van der Waals surface area contributed by atoms with Crippen molar-refractivity contribution in [2.45, 2.75) is 45.8 Å². The molecule has 2 aliphatic rings. The number of carbonyl (C=O) groups excluding carboxylic acids is 3. The van der Waals surface area contributed by atoms with Gasteiger partial charge in [0.15, 0.2) is 5.69 Å². The number of carbonyl (C=O) groups is 3. The maximum Gasteiger partial charge on any atom is 0.273 e. The van der Waals surface area contributed by atoms with E-state index in [1.165, 1.54) is 6.33 Å². The molecule has 1 aromatic heterocycles. The number of hydrogen-bond donors (Lipinski definition) is 2. The van der Waals surface area contributed by atoms with E-state index in [2.05, 4.69) is 20.5 Å². The summed E-state index contributed by atoms with van der Waals surface area (Å²) in [5.74, 6) is -0.970. The standard InChI is InChI=1S/C26H36N6O4/c1-4-10-32-24(34)22-21(23(33)27-9-11-30-12-14-36-15-13-30)29-18-31(22)17-26(32,3)25(35)28-16-20-7-5-19(2)6-8-20/h5-8,18H,4,9-17H2,1-3H3,(H,27,33)(H,28,35). The van der Waals surface area contributed by atoms with Gasteiger partial charge in [0.1, 0.15) is 11.2 Å². The minimum atomic E-state index is -1.10. The van der Waals surface area contributed by atoms with Gasteiger partial charge in [0.25, 0.3) is 11.8 Å². The average Bonchev–Trinajstić information content (AvgIpc) is 3.30. The molecule has 1 unspecified atom stereocenters. The van der Waals surface area contributed by atoms with Crippen molar-refractivity contribution in [1.82, 2.24) is 30.0 Å². The fourth-order valence-corrected chi connectivity index (χ4v) is 4.74. The van der Waals surface area contributed by atoms with Crippen LogP contribution in [-0.2, 0) is 22.6 Å². The molecule has 2 aliphatic heterocycles. The molecule has 2 N–H and O–H groups in total. The average molecular weight is 497 g/mol. The van der Waals surface area contributed by atoms with Gasteiger partial charge in [-0.2, -0.15) is 0 Å². The summed E-state index contributed by atoms with van der Waals surface area (Å²) in [4.78, 5) is 48.0. The lowest BCUT2D eigenvalue weighted by Crippen LogP contribution is -2.64. The summed E-state index contributed by atoms with van der Waals surface area (Å²) in [5, 5.41) is 5.89. The minimum absolute atomic E-state index is 0.102. The highest BCUT2D eigenvalue weighted by atomic mass is 16.5. The fraction of sp³-hybridized carbons (Fsp3) is 0.538. The molecule has 10 heteroatoms. The smallest absolute Gasteiger partial charge is 0.273 e. The van der Waals surface area contributed by atoms with Crippen LogP contribution in [0.25, 0.3) is 0 Å². The van der Waals surface area contributed by atoms with E-state index in [-0.39, 0.29) is 35.7 Å². The van der Waals surface area contributed by atoms with Crippen LogP contribution in [0.4, 0.5) is 0 Å². The molecule has 1 saturated heterocycles. The number of nitrogens with zero attached hydrogens (tertiary/aromatic N) is 4. The van der Waals surface area contributed by atoms with Crippen LogP contribution in [0.3, 0.4) is 0 Å². The first-order chi connectivity index (χ1) is 17.3. The Morgan fingerprint density at radius 3 is 2.53 bits per heavy atom. The lowest BCUT2D eigenvalue weighted by molar-refractivity contribution is -0.133. The van der Waals surface area contributed by atoms with Crippen molar-refractivity contribution >= 4 is 17.7 Å². The molecule has 3 heterocycles. The molecular weight excluding hydrogens is 460 g/mol. The maximum absolute atomic E-state index is 13.6. The molecule has 194 valence electrons. The molecule has 0 saturated carbocycles. The maximum atomic E-state index is 13.6. The van der Waals surface area contributed by atoms with E-state index in [0.717, 1.165) is 24.2 Å². The third kappa shape index (κ3) is 5.44. The quantitative estimate of drug-likeness (QED) is 0.540. The van der Waals surface area contributed by atoms with E-state index in [0.29, 0.717) is 45.8 Å². The summed E-state index contributed by atoms with van der Waals surface area (Å²) in [5.41, 5.74) is 1.37. The van der Waals surface area contributed by atoms with Gasteiger partial charge < -0.3 is 24.8 Å². The number of imidazole rings is 1. The Bertz CT molecular complexity index is 1090. The summed E-state index contributed by atoms with van der Waals surface area (Å²) < 4.78 is 6.99. The van der Waals surface area contributed by atoms with Gasteiger partial charge in [-0.3, -0.25) is 19.3 Å². The van der Waals surface area contributed by atoms with Crippen molar-refractivity contribution in [3.05, 3.63) is 53.1 Å². The predicted octanol–water partition coefficient (Wildman–Crippen LogP) is 1.19. The van der Waals surface area contributed by atoms with Crippen molar-refractivity contribution in [3.63, 3.8) is 0 Å². The topological polar surface area (TPSA) is 109 Å². The van der Waals surface area contributed by atoms with E-state index >= 15 is 0 Å². The Hall–Kier alpha value is -3.24. The molecule has 4 rings (SSSR count). The molecule has 0 aliphatic carbocycles. The number of benzene rings is 1. The van der Waals surface area contributed by atoms with Gasteiger partial charge in [-0.15, -0.1) is 0 Å². The molecule has 10 nitrogen and oxygen atoms in total. The number of rotatable bonds is 9. The predicted molar refractivity (Wildman–Crippen MR) is 135 cm³/mol. The van der Waals surface area contributed by atoms with E-state index in [1.807, 2.05) is 38.1 Å². The van der Waals surface area contributed by atoms with Gasteiger partial charge in [-0.25, -0.2) is 4.98 Å². The van der Waals surface area contributed by atoms with E-state index in [1.54, 1.807) is 16.4 Å². The van der Waals surface area contributed by atoms with Crippen LogP contribution in [0.15, 0.2) is 30.6 Å². The lowest BCUT2D eigenvalue weighted by atomic mass is 9.93. The van der Waals surface area contributed by atoms with Gasteiger partial charge in [0.05, 0.1) is 26.1 Å². The summed E-state index contributed by atoms with van der Waals surface area (Å²) >= 11 is 0. The third-order valence-electron chi connectivity index (χ3n) is 6.90. The Morgan fingerprint density at radius 2 is 1.83 bits per heavy atom. The van der Waals surface area contributed by atoms with Crippen molar-refractivity contribution < 1.29 is 19.1 Å². The monoisotopic (exact) mass is 496 g/mol. The van der Waals surface area contributed by atoms with E-state index < -0.39 is 5.54 Å². The second-order valence-electron chi connectivity index (χ2n) is 9.68. The Kier molecular flexibility index (Phi) is 8.05. The molecule has 1 aromatic carbocycles. The van der Waals surface area contributed by atoms with Crippen LogP contribution in [-0.4, -0.2) is 88.5 Å². The van der Waals surface area contributed by atoms with Crippen molar-refractivity contribution in [2.75, 3.05) is 45.9 Å². The highest BCUT2D eigenvalue weighted by Crippen LogP contribution is 2.29. The van der Waals surface area contributed by atoms with E-state index in [9.17, 15) is 14.4 Å². The van der Waals surface area contributed by atoms with Crippen LogP contribution in [0, 0.1) is 6.92 Å². The van der Waals surface area contributed by atoms with Crippen LogP contribution < -0.4 is 10.6 Å². The zero-order valence-corrected chi connectivity index (χ0v) is 21.4. The number of aryl methyl sites for hydroxylation is 1. The van der Waals surface area contributed by atoms with Crippen LogP contribution in [0.5, 0.6) is 0 Å². The zero-order chi connectivity index (χ0) is 25.7. The number of nitrogens with one attached hydrogen (secondary N) is 2. The fourth-order valence-electron chi connectivity index (χ4n) is 4.74. The second kappa shape index (κ2) is 11.2. The summed E-state index contributed by atoms with van der Waals surface area (Å²) in [6.45, 7) is 11.0. The Labute approximate surface area is 212 Å². The van der Waals surface area contributed by atoms with Crippen LogP contribution in [0.1, 0.15) is 52.4 Å². The number of fused-ring (bicyclic) bond motifs is 1. The molecule has 3 amide bonds. The number of aromatic nitrogens is 2. The highest BCUT2D eigenvalue weighted by Gasteiger charge is 2.48. The van der Waals surface area contributed by atoms with Crippen molar-refractivity contribution in [1.29, 1.82) is 0 Å². The van der Waals surface area contributed by atoms with Crippen LogP contribution >= 0.6 is 0 Å². The molecule has 1 atom stereocenters. The first-order valence-electron chi connectivity index (χ1n) is 12.6. The molecule has 0 spiro atoms. The van der Waals surface area contributed by atoms with Gasteiger partial charge in [0, 0.05) is 39.3 Å². The number of hydrogen-bond acceptors (Lipinski definition) is 6. The van der Waals surface area contributed by atoms with E-state index in [4.69, 9.17) is 4.74 Å². The summed E-state index contributed by atoms with van der Waals surface area (Å²) in [6, 6.07) is 7.96. The first-order valence-corrected chi connectivity index (χ1v) is 12.6. The zero-order valence-electron chi connectivity index (χ0n) is 21.4. The van der Waals surface area contributed by atoms with Gasteiger partial charge >= 0.3 is 0 Å². The third-order valence-corrected chi connectivity index (χ3v) is 6.90. The molecule has 36 heavy (non-hydrogen) atoms. The number of amides is 3. The molecule has 0 radical (unpaired) electrons. The SMILES string of the molecule is CCCN1C(=O)c2c(C(=O)NCCN3CCOCC3)ncn2CC1(C)C(=O)NCc1ccc(C)cc1. The summed E-state index contributed by atoms with van der Waals surface area (Å²) in [7, 11) is 0. The lowest BCUT2D eigenvalue weighted by Gasteiger charge is -2.43. The first kappa shape index (κ1) is 25.8. The molecule has 1 fully saturated rings. The molecule has 2 aromatic rings. The highest BCUT2D eigenvalue weighted by molar-refractivity contribution is 6.07. The Morgan fingerprint density at radius 1 is 1.11 bits per heavy atom.